The fraction of sp³-hybridized carbons (Fsp3) is 0.0435. The zero-order chi connectivity index (χ0) is 20.4. The van der Waals surface area contributed by atoms with Gasteiger partial charge in [-0.2, -0.15) is 0 Å². The van der Waals surface area contributed by atoms with E-state index in [0.717, 1.165) is 37.9 Å². The van der Waals surface area contributed by atoms with Crippen LogP contribution in [0.4, 0.5) is 0 Å². The third-order valence-electron chi connectivity index (χ3n) is 4.40. The summed E-state index contributed by atoms with van der Waals surface area (Å²) in [5.74, 6) is 0.548. The normalized spacial score (nSPS) is 11.2. The van der Waals surface area contributed by atoms with Crippen molar-refractivity contribution in [3.8, 4) is 27.7 Å². The van der Waals surface area contributed by atoms with E-state index in [4.69, 9.17) is 9.84 Å². The average Bonchev–Trinajstić information content (AvgIpc) is 3.05. The number of hydrogen-bond acceptors (Lipinski definition) is 5. The van der Waals surface area contributed by atoms with Gasteiger partial charge in [-0.3, -0.25) is 4.98 Å². The molecule has 0 aliphatic rings. The number of benzene rings is 2. The summed E-state index contributed by atoms with van der Waals surface area (Å²) in [6.45, 7) is 1.95. The van der Waals surface area contributed by atoms with Gasteiger partial charge in [0, 0.05) is 33.6 Å². The average molecular weight is 403 g/mol. The topological polar surface area (TPSA) is 79.7 Å². The molecule has 4 rings (SSSR count). The van der Waals surface area contributed by atoms with Crippen LogP contribution in [-0.4, -0.2) is 21.2 Å². The highest BCUT2D eigenvalue weighted by atomic mass is 32.1. The van der Waals surface area contributed by atoms with E-state index in [-0.39, 0.29) is 5.75 Å². The maximum absolute atomic E-state index is 10.7. The first-order valence-corrected chi connectivity index (χ1v) is 9.69. The molecule has 29 heavy (non-hydrogen) atoms. The number of phenolic OH excluding ortho intramolecular Hbond substituents is 1. The number of carboxylic acid groups (broad SMARTS) is 1. The molecule has 5 nitrogen and oxygen atoms in total. The number of carbonyl (C=O) groups is 1. The lowest BCUT2D eigenvalue weighted by Gasteiger charge is -2.09. The summed E-state index contributed by atoms with van der Waals surface area (Å²) >= 11 is 1.54. The highest BCUT2D eigenvalue weighted by molar-refractivity contribution is 7.22. The van der Waals surface area contributed by atoms with E-state index in [2.05, 4.69) is 4.98 Å². The summed E-state index contributed by atoms with van der Waals surface area (Å²) in [7, 11) is 0. The summed E-state index contributed by atoms with van der Waals surface area (Å²) in [5.41, 5.74) is 2.63. The van der Waals surface area contributed by atoms with E-state index in [1.165, 1.54) is 17.4 Å². The molecule has 144 valence electrons. The number of rotatable bonds is 5. The number of carboxylic acids is 1. The molecule has 0 fully saturated rings. The minimum absolute atomic E-state index is 0.203. The Bertz CT molecular complexity index is 1230. The molecule has 0 unspecified atom stereocenters. The Kier molecular flexibility index (Phi) is 5.01. The van der Waals surface area contributed by atoms with Crippen LogP contribution in [0, 0.1) is 6.92 Å². The number of aryl methyl sites for hydroxylation is 1. The number of ether oxygens (including phenoxy) is 1. The van der Waals surface area contributed by atoms with Crippen molar-refractivity contribution in [3.63, 3.8) is 0 Å². The third-order valence-corrected chi connectivity index (χ3v) is 5.57. The van der Waals surface area contributed by atoms with Crippen molar-refractivity contribution in [1.82, 2.24) is 4.98 Å². The zero-order valence-electron chi connectivity index (χ0n) is 15.5. The number of aliphatic carboxylic acids is 1. The van der Waals surface area contributed by atoms with Crippen molar-refractivity contribution in [2.24, 2.45) is 0 Å². The Morgan fingerprint density at radius 2 is 1.93 bits per heavy atom. The van der Waals surface area contributed by atoms with Gasteiger partial charge >= 0.3 is 5.97 Å². The van der Waals surface area contributed by atoms with Gasteiger partial charge in [0.2, 0.25) is 0 Å². The number of hydrogen-bond donors (Lipinski definition) is 2. The molecule has 0 amide bonds. The maximum Gasteiger partial charge on any atom is 0.328 e. The molecule has 0 aliphatic heterocycles. The molecule has 0 bridgehead atoms. The molecule has 0 aliphatic carbocycles. The van der Waals surface area contributed by atoms with Crippen molar-refractivity contribution in [2.45, 2.75) is 6.92 Å². The smallest absolute Gasteiger partial charge is 0.328 e. The molecular weight excluding hydrogens is 386 g/mol. The second-order valence-electron chi connectivity index (χ2n) is 6.42. The second kappa shape index (κ2) is 7.77. The van der Waals surface area contributed by atoms with Gasteiger partial charge in [-0.25, -0.2) is 4.79 Å². The van der Waals surface area contributed by atoms with E-state index in [1.54, 1.807) is 42.6 Å². The number of aromatic hydroxyl groups is 1. The number of pyridine rings is 1. The molecule has 0 saturated carbocycles. The number of thiophene rings is 1. The molecule has 0 atom stereocenters. The highest BCUT2D eigenvalue weighted by Crippen LogP contribution is 2.47. The minimum atomic E-state index is -0.991. The third kappa shape index (κ3) is 3.97. The van der Waals surface area contributed by atoms with E-state index in [9.17, 15) is 9.90 Å². The molecular formula is C23H17NO4S. The van der Waals surface area contributed by atoms with Crippen LogP contribution in [0.1, 0.15) is 11.3 Å². The Hall–Kier alpha value is -3.64. The second-order valence-corrected chi connectivity index (χ2v) is 7.47. The van der Waals surface area contributed by atoms with Gasteiger partial charge < -0.3 is 14.9 Å². The van der Waals surface area contributed by atoms with Crippen molar-refractivity contribution in [3.05, 3.63) is 78.1 Å². The number of fused-ring (bicyclic) bond motifs is 1. The lowest BCUT2D eigenvalue weighted by molar-refractivity contribution is -0.131. The van der Waals surface area contributed by atoms with Gasteiger partial charge in [-0.05, 0) is 55.0 Å². The standard InChI is InChI=1S/C23H17NO4S/c1-14-18(3-2-12-24-14)23-22(19-10-7-16(25)13-20(19)29-23)28-17-8-4-15(5-9-17)6-11-21(26)27/h2-13,25H,1H3,(H,26,27). The Morgan fingerprint density at radius 1 is 1.14 bits per heavy atom. The summed E-state index contributed by atoms with van der Waals surface area (Å²) in [6.07, 6.45) is 4.37. The number of aromatic nitrogens is 1. The molecule has 2 aromatic carbocycles. The summed E-state index contributed by atoms with van der Waals surface area (Å²) in [6, 6.07) is 16.3. The van der Waals surface area contributed by atoms with Gasteiger partial charge in [0.15, 0.2) is 5.75 Å². The van der Waals surface area contributed by atoms with E-state index in [0.29, 0.717) is 11.5 Å². The summed E-state index contributed by atoms with van der Waals surface area (Å²) in [5, 5.41) is 19.5. The Labute approximate surface area is 171 Å². The summed E-state index contributed by atoms with van der Waals surface area (Å²) in [4.78, 5) is 16.0. The molecule has 0 saturated heterocycles. The summed E-state index contributed by atoms with van der Waals surface area (Å²) < 4.78 is 7.17. The number of nitrogens with zero attached hydrogens (tertiary/aromatic N) is 1. The largest absolute Gasteiger partial charge is 0.508 e. The van der Waals surface area contributed by atoms with Gasteiger partial charge in [0.25, 0.3) is 0 Å². The highest BCUT2D eigenvalue weighted by Gasteiger charge is 2.18. The van der Waals surface area contributed by atoms with Gasteiger partial charge in [-0.1, -0.05) is 18.2 Å². The predicted molar refractivity (Wildman–Crippen MR) is 115 cm³/mol. The van der Waals surface area contributed by atoms with Crippen LogP contribution in [-0.2, 0) is 4.79 Å². The van der Waals surface area contributed by atoms with Crippen LogP contribution in [0.5, 0.6) is 17.2 Å². The van der Waals surface area contributed by atoms with E-state index in [1.807, 2.05) is 25.1 Å². The van der Waals surface area contributed by atoms with Crippen LogP contribution in [0.3, 0.4) is 0 Å². The van der Waals surface area contributed by atoms with E-state index >= 15 is 0 Å². The molecule has 2 aromatic heterocycles. The van der Waals surface area contributed by atoms with Crippen molar-refractivity contribution < 1.29 is 19.7 Å². The monoisotopic (exact) mass is 403 g/mol. The van der Waals surface area contributed by atoms with Crippen LogP contribution in [0.15, 0.2) is 66.9 Å². The molecule has 6 heteroatoms. The molecule has 0 radical (unpaired) electrons. The first kappa shape index (κ1) is 18.7. The molecule has 4 aromatic rings. The SMILES string of the molecule is Cc1ncccc1-c1sc2cc(O)ccc2c1Oc1ccc(C=CC(=O)O)cc1. The number of phenols is 1. The fourth-order valence-corrected chi connectivity index (χ4v) is 4.24. The van der Waals surface area contributed by atoms with Gasteiger partial charge in [0.1, 0.15) is 11.5 Å². The predicted octanol–water partition coefficient (Wildman–Crippen LogP) is 5.87. The zero-order valence-corrected chi connectivity index (χ0v) is 16.3. The first-order valence-electron chi connectivity index (χ1n) is 8.88. The van der Waals surface area contributed by atoms with E-state index < -0.39 is 5.97 Å². The molecule has 0 spiro atoms. The minimum Gasteiger partial charge on any atom is -0.508 e. The molecule has 2 heterocycles. The quantitative estimate of drug-likeness (QED) is 0.408. The Morgan fingerprint density at radius 3 is 2.66 bits per heavy atom. The van der Waals surface area contributed by atoms with Crippen LogP contribution in [0.25, 0.3) is 26.6 Å². The van der Waals surface area contributed by atoms with Crippen molar-refractivity contribution >= 4 is 33.5 Å². The van der Waals surface area contributed by atoms with Gasteiger partial charge in [0.05, 0.1) is 4.88 Å². The van der Waals surface area contributed by atoms with Crippen LogP contribution < -0.4 is 4.74 Å². The fourth-order valence-electron chi connectivity index (χ4n) is 3.00. The maximum atomic E-state index is 10.7. The lowest BCUT2D eigenvalue weighted by atomic mass is 10.1. The van der Waals surface area contributed by atoms with Crippen molar-refractivity contribution in [1.29, 1.82) is 0 Å². The lowest BCUT2D eigenvalue weighted by Crippen LogP contribution is -1.89. The van der Waals surface area contributed by atoms with Crippen molar-refractivity contribution in [2.75, 3.05) is 0 Å². The first-order chi connectivity index (χ1) is 14.0. The van der Waals surface area contributed by atoms with Gasteiger partial charge in [-0.15, -0.1) is 11.3 Å². The van der Waals surface area contributed by atoms with Crippen LogP contribution >= 0.6 is 11.3 Å². The van der Waals surface area contributed by atoms with Crippen LogP contribution in [0.2, 0.25) is 0 Å². The Balaban J connectivity index is 1.77. The molecule has 2 N–H and O–H groups in total.